The van der Waals surface area contributed by atoms with Gasteiger partial charge >= 0.3 is 7.95 Å². The minimum atomic E-state index is -3.74. The predicted octanol–water partition coefficient (Wildman–Crippen LogP) is 11.3. The Hall–Kier alpha value is -2.37. The maximum absolute atomic E-state index is 7.09. The van der Waals surface area contributed by atoms with E-state index in [0.717, 1.165) is 50.6 Å². The average Bonchev–Trinajstić information content (AvgIpc) is 2.87. The van der Waals surface area contributed by atoms with Gasteiger partial charge in [-0.3, -0.25) is 0 Å². The lowest BCUT2D eigenvalue weighted by Gasteiger charge is -2.33. The number of thiol groups is 1. The molecule has 0 heterocycles. The van der Waals surface area contributed by atoms with Gasteiger partial charge in [0.1, 0.15) is 17.2 Å². The van der Waals surface area contributed by atoms with Gasteiger partial charge in [-0.25, -0.2) is 0 Å². The van der Waals surface area contributed by atoms with Gasteiger partial charge < -0.3 is 13.3 Å². The zero-order valence-corrected chi connectivity index (χ0v) is 29.2. The molecule has 0 aliphatic heterocycles. The van der Waals surface area contributed by atoms with Crippen LogP contribution in [0.2, 0.25) is 0 Å². The van der Waals surface area contributed by atoms with Crippen LogP contribution in [-0.4, -0.2) is 7.95 Å². The van der Waals surface area contributed by atoms with Crippen LogP contribution in [0.3, 0.4) is 0 Å². The molecule has 0 saturated heterocycles. The Balaban J connectivity index is 2.33. The van der Waals surface area contributed by atoms with Gasteiger partial charge in [-0.2, -0.15) is 0 Å². The maximum Gasteiger partial charge on any atom is 0.772 e. The summed E-state index contributed by atoms with van der Waals surface area (Å²) in [7, 11) is -3.74. The first-order valence-electron chi connectivity index (χ1n) is 15.3. The van der Waals surface area contributed by atoms with Crippen LogP contribution in [0.4, 0.5) is 0 Å². The lowest BCUT2D eigenvalue weighted by molar-refractivity contribution is 0.285. The van der Waals surface area contributed by atoms with Crippen LogP contribution in [0.5, 0.6) is 17.2 Å². The second kappa shape index (κ2) is 13.7. The monoisotopic (exact) mass is 592 g/mol. The summed E-state index contributed by atoms with van der Waals surface area (Å²) in [5, 5.41) is 0. The van der Waals surface area contributed by atoms with Crippen LogP contribution < -0.4 is 13.3 Å². The van der Waals surface area contributed by atoms with Gasteiger partial charge in [0.2, 0.25) is 0 Å². The molecule has 3 nitrogen and oxygen atoms in total. The van der Waals surface area contributed by atoms with Gasteiger partial charge in [0.25, 0.3) is 0 Å². The minimum Gasteiger partial charge on any atom is -0.475 e. The molecule has 0 unspecified atom stereocenters. The van der Waals surface area contributed by atoms with E-state index in [-0.39, 0.29) is 35.5 Å². The maximum atomic E-state index is 7.09. The van der Waals surface area contributed by atoms with E-state index < -0.39 is 7.95 Å². The highest BCUT2D eigenvalue weighted by molar-refractivity contribution is 8.11. The largest absolute Gasteiger partial charge is 0.772 e. The summed E-state index contributed by atoms with van der Waals surface area (Å²) in [6, 6.07) is 19.3. The minimum absolute atomic E-state index is 0.263. The van der Waals surface area contributed by atoms with Crippen molar-refractivity contribution < 1.29 is 13.3 Å². The third-order valence-electron chi connectivity index (χ3n) is 7.65. The summed E-state index contributed by atoms with van der Waals surface area (Å²) in [5.41, 5.74) is 6.82. The molecule has 3 rings (SSSR count). The first-order chi connectivity index (χ1) is 19.2. The first-order valence-corrected chi connectivity index (χ1v) is 18.4. The van der Waals surface area contributed by atoms with Crippen LogP contribution >= 0.6 is 12.1 Å². The fourth-order valence-corrected chi connectivity index (χ4v) is 7.68. The van der Waals surface area contributed by atoms with Crippen molar-refractivity contribution >= 4 is 20.0 Å². The molecule has 0 fully saturated rings. The Bertz CT molecular complexity index is 1070. The van der Waals surface area contributed by atoms with Crippen molar-refractivity contribution in [3.8, 4) is 17.2 Å². The van der Waals surface area contributed by atoms with E-state index >= 15 is 0 Å². The van der Waals surface area contributed by atoms with E-state index in [0.29, 0.717) is 0 Å². The Morgan fingerprint density at radius 3 is 0.707 bits per heavy atom. The normalized spacial score (nSPS) is 12.4. The standard InChI is InChI=1S/C36H52O3SSi/c1-22(2)28-16-13-17-29(23(3)4)34(28)37-41(40,38-35-30(24(5)6)18-14-19-31(35)25(7)8)39-36-32(26(9)10)20-15-21-33(36)27(11)12/h13-27,40H,1-12H3. The van der Waals surface area contributed by atoms with Crippen molar-refractivity contribution in [3.63, 3.8) is 0 Å². The third-order valence-corrected chi connectivity index (χ3v) is 9.86. The number of benzene rings is 3. The molecule has 5 heteroatoms. The summed E-state index contributed by atoms with van der Waals surface area (Å²) in [5.74, 6) is 4.08. The van der Waals surface area contributed by atoms with E-state index in [1.807, 2.05) is 0 Å². The molecule has 0 N–H and O–H groups in total. The molecule has 0 atom stereocenters. The van der Waals surface area contributed by atoms with E-state index in [2.05, 4.69) is 138 Å². The first kappa shape index (κ1) is 33.1. The summed E-state index contributed by atoms with van der Waals surface area (Å²) < 4.78 is 21.3. The zero-order chi connectivity index (χ0) is 30.6. The van der Waals surface area contributed by atoms with Crippen molar-refractivity contribution in [2.24, 2.45) is 0 Å². The Morgan fingerprint density at radius 1 is 0.390 bits per heavy atom. The lowest BCUT2D eigenvalue weighted by atomic mass is 9.94. The highest BCUT2D eigenvalue weighted by Gasteiger charge is 2.49. The molecular formula is C36H52O3SSi. The van der Waals surface area contributed by atoms with Crippen LogP contribution in [0.25, 0.3) is 0 Å². The Morgan fingerprint density at radius 2 is 0.561 bits per heavy atom. The van der Waals surface area contributed by atoms with Crippen molar-refractivity contribution in [2.45, 2.75) is 119 Å². The lowest BCUT2D eigenvalue weighted by Crippen LogP contribution is -2.51. The average molecular weight is 593 g/mol. The second-order valence-electron chi connectivity index (χ2n) is 13.1. The SMILES string of the molecule is CC(C)c1cccc(C(C)C)c1O[Si](S)(Oc1c(C(C)C)cccc1C(C)C)Oc1c(C(C)C)cccc1C(C)C. The Labute approximate surface area is 256 Å². The number of hydrogen-bond donors (Lipinski definition) is 1. The number of hydrogen-bond acceptors (Lipinski definition) is 4. The van der Waals surface area contributed by atoms with Gasteiger partial charge in [-0.15, -0.1) is 0 Å². The van der Waals surface area contributed by atoms with Crippen molar-refractivity contribution in [1.82, 2.24) is 0 Å². The molecule has 3 aromatic carbocycles. The van der Waals surface area contributed by atoms with E-state index in [9.17, 15) is 0 Å². The smallest absolute Gasteiger partial charge is 0.475 e. The van der Waals surface area contributed by atoms with E-state index in [1.165, 1.54) is 0 Å². The second-order valence-corrected chi connectivity index (χ2v) is 16.4. The van der Waals surface area contributed by atoms with E-state index in [4.69, 9.17) is 25.4 Å². The number of rotatable bonds is 12. The molecule has 0 radical (unpaired) electrons. The van der Waals surface area contributed by atoms with Crippen LogP contribution in [0.15, 0.2) is 54.6 Å². The molecule has 0 amide bonds. The molecular weight excluding hydrogens is 541 g/mol. The molecule has 0 spiro atoms. The highest BCUT2D eigenvalue weighted by atomic mass is 32.3. The van der Waals surface area contributed by atoms with Crippen LogP contribution in [0, 0.1) is 0 Å². The molecule has 0 saturated carbocycles. The molecule has 0 aliphatic rings. The Kier molecular flexibility index (Phi) is 11.1. The summed E-state index contributed by atoms with van der Waals surface area (Å²) in [6.45, 7) is 26.4. The van der Waals surface area contributed by atoms with Gasteiger partial charge in [0.15, 0.2) is 0 Å². The quantitative estimate of drug-likeness (QED) is 0.167. The fourth-order valence-electron chi connectivity index (χ4n) is 5.25. The molecule has 0 aromatic heterocycles. The zero-order valence-electron chi connectivity index (χ0n) is 27.3. The van der Waals surface area contributed by atoms with Crippen LogP contribution in [0.1, 0.15) is 152 Å². The van der Waals surface area contributed by atoms with Gasteiger partial charge in [0.05, 0.1) is 0 Å². The topological polar surface area (TPSA) is 27.7 Å². The summed E-state index contributed by atoms with van der Waals surface area (Å²) >= 11 is 5.32. The molecule has 224 valence electrons. The summed E-state index contributed by atoms with van der Waals surface area (Å²) in [4.78, 5) is 0. The molecule has 0 aliphatic carbocycles. The van der Waals surface area contributed by atoms with Crippen molar-refractivity contribution in [3.05, 3.63) is 88.0 Å². The van der Waals surface area contributed by atoms with Gasteiger partial charge in [0, 0.05) is 0 Å². The van der Waals surface area contributed by atoms with Gasteiger partial charge in [-0.05, 0) is 68.9 Å². The predicted molar refractivity (Wildman–Crippen MR) is 180 cm³/mol. The van der Waals surface area contributed by atoms with E-state index in [1.54, 1.807) is 0 Å². The van der Waals surface area contributed by atoms with Crippen LogP contribution in [-0.2, 0) is 0 Å². The van der Waals surface area contributed by atoms with Crippen molar-refractivity contribution in [1.29, 1.82) is 0 Å². The molecule has 41 heavy (non-hydrogen) atoms. The number of para-hydroxylation sites is 3. The molecule has 3 aromatic rings. The highest BCUT2D eigenvalue weighted by Crippen LogP contribution is 2.43. The van der Waals surface area contributed by atoms with Gasteiger partial charge in [-0.1, -0.05) is 150 Å². The third kappa shape index (κ3) is 7.73. The summed E-state index contributed by atoms with van der Waals surface area (Å²) in [6.07, 6.45) is 0. The fraction of sp³-hybridized carbons (Fsp3) is 0.500. The molecule has 0 bridgehead atoms. The van der Waals surface area contributed by atoms with Crippen molar-refractivity contribution in [2.75, 3.05) is 0 Å².